The van der Waals surface area contributed by atoms with E-state index in [0.717, 1.165) is 0 Å². The second-order valence-corrected chi connectivity index (χ2v) is 11.4. The van der Waals surface area contributed by atoms with Gasteiger partial charge in [0.1, 0.15) is 23.4 Å². The van der Waals surface area contributed by atoms with Crippen LogP contribution in [0.4, 0.5) is 20.4 Å². The van der Waals surface area contributed by atoms with Crippen LogP contribution >= 0.6 is 0 Å². The molecule has 3 aromatic heterocycles. The minimum Gasteiger partial charge on any atom is -0.480 e. The first kappa shape index (κ1) is 30.6. The van der Waals surface area contributed by atoms with Crippen LogP contribution in [0, 0.1) is 11.8 Å². The number of hydrogen-bond donors (Lipinski definition) is 1. The highest BCUT2D eigenvalue weighted by atomic mass is 19.3. The number of ether oxygens (including phenoxy) is 3. The molecular formula is C30H33F2N7O6. The van der Waals surface area contributed by atoms with Crippen molar-refractivity contribution in [3.63, 3.8) is 0 Å². The lowest BCUT2D eigenvalue weighted by Crippen LogP contribution is -2.68. The number of hydrogen-bond acceptors (Lipinski definition) is 12. The summed E-state index contributed by atoms with van der Waals surface area (Å²) in [4.78, 5) is 34.5. The Balaban J connectivity index is 1.31. The Morgan fingerprint density at radius 3 is 2.76 bits per heavy atom. The Morgan fingerprint density at radius 1 is 1.27 bits per heavy atom. The fraction of sp³-hybridized carbons (Fsp3) is 0.500. The van der Waals surface area contributed by atoms with Gasteiger partial charge in [-0.15, -0.1) is 0 Å². The van der Waals surface area contributed by atoms with E-state index < -0.39 is 36.0 Å². The lowest BCUT2D eigenvalue weighted by Gasteiger charge is -2.53. The first-order valence-corrected chi connectivity index (χ1v) is 14.5. The van der Waals surface area contributed by atoms with Crippen LogP contribution in [-0.2, 0) is 14.3 Å². The average molecular weight is 626 g/mol. The van der Waals surface area contributed by atoms with Gasteiger partial charge in [-0.25, -0.2) is 23.5 Å². The van der Waals surface area contributed by atoms with Crippen molar-refractivity contribution in [1.82, 2.24) is 24.8 Å². The summed E-state index contributed by atoms with van der Waals surface area (Å²) < 4.78 is 50.9. The predicted molar refractivity (Wildman–Crippen MR) is 156 cm³/mol. The third-order valence-electron chi connectivity index (χ3n) is 8.07. The van der Waals surface area contributed by atoms with Crippen molar-refractivity contribution in [2.24, 2.45) is 0 Å². The highest BCUT2D eigenvalue weighted by Gasteiger charge is 2.50. The number of rotatable bonds is 8. The topological polar surface area (TPSA) is 139 Å². The summed E-state index contributed by atoms with van der Waals surface area (Å²) in [5.41, 5.74) is 0.941. The number of halogens is 2. The smallest absolute Gasteiger partial charge is 0.326 e. The summed E-state index contributed by atoms with van der Waals surface area (Å²) >= 11 is 0. The quantitative estimate of drug-likeness (QED) is 0.367. The highest BCUT2D eigenvalue weighted by Crippen LogP contribution is 2.39. The van der Waals surface area contributed by atoms with Gasteiger partial charge in [-0.3, -0.25) is 4.90 Å². The zero-order valence-electron chi connectivity index (χ0n) is 25.0. The minimum atomic E-state index is -3.01. The van der Waals surface area contributed by atoms with E-state index in [4.69, 9.17) is 18.6 Å². The molecule has 3 atom stereocenters. The average Bonchev–Trinajstić information content (AvgIpc) is 3.68. The maximum Gasteiger partial charge on any atom is 0.326 e. The first-order valence-electron chi connectivity index (χ1n) is 14.5. The van der Waals surface area contributed by atoms with E-state index in [0.29, 0.717) is 50.0 Å². The van der Waals surface area contributed by atoms with Gasteiger partial charge in [0.05, 0.1) is 45.2 Å². The van der Waals surface area contributed by atoms with Gasteiger partial charge in [0, 0.05) is 24.7 Å². The van der Waals surface area contributed by atoms with Crippen LogP contribution in [0.25, 0.3) is 11.6 Å². The van der Waals surface area contributed by atoms with Crippen molar-refractivity contribution in [2.45, 2.75) is 43.6 Å². The van der Waals surface area contributed by atoms with Crippen LogP contribution in [0.3, 0.4) is 0 Å². The van der Waals surface area contributed by atoms with Gasteiger partial charge in [0.15, 0.2) is 5.76 Å². The fourth-order valence-electron chi connectivity index (χ4n) is 5.63. The van der Waals surface area contributed by atoms with Crippen LogP contribution in [0.15, 0.2) is 35.1 Å². The molecule has 13 nitrogen and oxygen atoms in total. The maximum atomic E-state index is 13.8. The summed E-state index contributed by atoms with van der Waals surface area (Å²) in [6.45, 7) is 4.63. The van der Waals surface area contributed by atoms with Crippen molar-refractivity contribution >= 4 is 17.6 Å². The van der Waals surface area contributed by atoms with Crippen LogP contribution < -0.4 is 14.5 Å². The third kappa shape index (κ3) is 6.26. The molecule has 3 aliphatic rings. The molecule has 0 bridgehead atoms. The van der Waals surface area contributed by atoms with Crippen molar-refractivity contribution in [3.8, 4) is 29.3 Å². The van der Waals surface area contributed by atoms with Crippen LogP contribution in [0.1, 0.15) is 31.2 Å². The largest absolute Gasteiger partial charge is 0.480 e. The van der Waals surface area contributed by atoms with Gasteiger partial charge in [-0.2, -0.15) is 9.97 Å². The summed E-state index contributed by atoms with van der Waals surface area (Å²) in [5.74, 6) is 4.43. The molecule has 0 saturated carbocycles. The molecule has 6 rings (SSSR count). The molecular weight excluding hydrogens is 592 g/mol. The van der Waals surface area contributed by atoms with Crippen LogP contribution in [-0.4, -0.2) is 113 Å². The van der Waals surface area contributed by atoms with Crippen molar-refractivity contribution in [3.05, 3.63) is 42.0 Å². The standard InChI is InChI=1S/C30H33F2N7O6/c1-18-30(16-42-17-30)44-11-9-38(18)21-12-19(6-4-8-37(2)3)14-33-27(21)45-20-13-22(28(40)41)39(15-20)29-35-25(23-7-5-10-43-23)34-26(36-29)24(31)32/h5,7,10,12,14,18,20,22,24H,8-9,11,13,15-17H2,1-3H3,(H,40,41)/t18-,20-,22-/m0/s1. The third-order valence-corrected chi connectivity index (χ3v) is 8.07. The van der Waals surface area contributed by atoms with Gasteiger partial charge in [-0.1, -0.05) is 11.8 Å². The second-order valence-electron chi connectivity index (χ2n) is 11.4. The lowest BCUT2D eigenvalue weighted by atomic mass is 9.90. The number of nitrogens with zero attached hydrogens (tertiary/aromatic N) is 7. The van der Waals surface area contributed by atoms with Gasteiger partial charge < -0.3 is 33.5 Å². The molecule has 0 aliphatic carbocycles. The number of aromatic nitrogens is 4. The SMILES string of the molecule is C[C@@H]1N(c2cc(C#CCN(C)C)cnc2O[C@H]2C[C@@H](C(=O)O)N(c3nc(-c4ccco4)nc(C(F)F)n3)C2)CCOC12COC2. The van der Waals surface area contributed by atoms with Crippen molar-refractivity contribution in [1.29, 1.82) is 0 Å². The number of pyridine rings is 1. The summed E-state index contributed by atoms with van der Waals surface area (Å²) in [6.07, 6.45) is -0.682. The van der Waals surface area contributed by atoms with E-state index in [9.17, 15) is 18.7 Å². The van der Waals surface area contributed by atoms with Gasteiger partial charge >= 0.3 is 5.97 Å². The molecule has 0 amide bonds. The Kier molecular flexibility index (Phi) is 8.54. The number of aliphatic carboxylic acids is 1. The Bertz CT molecular complexity index is 1590. The zero-order valence-corrected chi connectivity index (χ0v) is 25.0. The molecule has 3 fully saturated rings. The normalized spacial score (nSPS) is 22.4. The molecule has 3 aromatic rings. The molecule has 1 spiro atoms. The Labute approximate surface area is 258 Å². The Hall–Kier alpha value is -4.39. The maximum absolute atomic E-state index is 13.8. The van der Waals surface area contributed by atoms with E-state index in [1.165, 1.54) is 17.2 Å². The van der Waals surface area contributed by atoms with E-state index >= 15 is 0 Å². The molecule has 3 saturated heterocycles. The van der Waals surface area contributed by atoms with Crippen LogP contribution in [0.5, 0.6) is 5.88 Å². The number of alkyl halides is 2. The fourth-order valence-corrected chi connectivity index (χ4v) is 5.63. The number of carbonyl (C=O) groups is 1. The number of morpholine rings is 1. The number of furan rings is 1. The number of carboxylic acids is 1. The Morgan fingerprint density at radius 2 is 2.09 bits per heavy atom. The molecule has 238 valence electrons. The van der Waals surface area contributed by atoms with Crippen molar-refractivity contribution < 1.29 is 37.3 Å². The van der Waals surface area contributed by atoms with E-state index in [1.807, 2.05) is 25.1 Å². The molecule has 1 N–H and O–H groups in total. The van der Waals surface area contributed by atoms with Crippen molar-refractivity contribution in [2.75, 3.05) is 63.4 Å². The molecule has 0 unspecified atom stereocenters. The first-order chi connectivity index (χ1) is 21.6. The lowest BCUT2D eigenvalue weighted by molar-refractivity contribution is -0.228. The van der Waals surface area contributed by atoms with Gasteiger partial charge in [0.2, 0.25) is 23.5 Å². The zero-order chi connectivity index (χ0) is 31.7. The molecule has 45 heavy (non-hydrogen) atoms. The molecule has 6 heterocycles. The van der Waals surface area contributed by atoms with E-state index in [1.54, 1.807) is 12.3 Å². The second kappa shape index (κ2) is 12.5. The van der Waals surface area contributed by atoms with Gasteiger partial charge in [-0.05, 0) is 39.2 Å². The van der Waals surface area contributed by atoms with Gasteiger partial charge in [0.25, 0.3) is 6.43 Å². The monoisotopic (exact) mass is 625 g/mol. The number of carboxylic acid groups (broad SMARTS) is 1. The van der Waals surface area contributed by atoms with Crippen LogP contribution in [0.2, 0.25) is 0 Å². The van der Waals surface area contributed by atoms with E-state index in [-0.39, 0.29) is 36.5 Å². The molecule has 0 aromatic carbocycles. The summed E-state index contributed by atoms with van der Waals surface area (Å²) in [6, 6.07) is 3.79. The van der Waals surface area contributed by atoms with E-state index in [2.05, 4.69) is 43.6 Å². The minimum absolute atomic E-state index is 0.00318. The summed E-state index contributed by atoms with van der Waals surface area (Å²) in [5, 5.41) is 10.1. The molecule has 3 aliphatic heterocycles. The molecule has 0 radical (unpaired) electrons. The highest BCUT2D eigenvalue weighted by molar-refractivity contribution is 5.78. The molecule has 15 heteroatoms. The predicted octanol–water partition coefficient (Wildman–Crippen LogP) is 2.48. The summed E-state index contributed by atoms with van der Waals surface area (Å²) in [7, 11) is 3.87. The number of anilines is 2.